The van der Waals surface area contributed by atoms with E-state index in [1.165, 1.54) is 0 Å². The van der Waals surface area contributed by atoms with Crippen LogP contribution in [0.15, 0.2) is 0 Å². The summed E-state index contributed by atoms with van der Waals surface area (Å²) in [4.78, 5) is 44.2. The van der Waals surface area contributed by atoms with E-state index in [-0.39, 0.29) is 51.4 Å². The molecule has 176 valence electrons. The number of hydrogen-bond donors (Lipinski definition) is 11. The molecule has 11 N–H and O–H groups in total. The predicted octanol–water partition coefficient (Wildman–Crippen LogP) is -4.70. The van der Waals surface area contributed by atoms with E-state index in [0.29, 0.717) is 0 Å². The van der Waals surface area contributed by atoms with Gasteiger partial charge in [-0.2, -0.15) is 12.9 Å². The minimum atomic E-state index is -6.27. The van der Waals surface area contributed by atoms with Crippen molar-refractivity contribution in [2.24, 2.45) is 0 Å². The standard InChI is InChI=1S/C6H16O19P4.K.H/c7-1-2(8)4(10)6(12,5(11)3(1)9)22-27(16,17)24-29(20,21)25-28(18,19)23-26(13,14)15;;/h1-5,7-12H,(H,16,17)(H,18,19)(H,20,21)(H2,13,14,15);;/t1-,2-,3+,4-,5-,6-;;/m1../s1. The van der Waals surface area contributed by atoms with E-state index < -0.39 is 67.6 Å². The zero-order valence-corrected chi connectivity index (χ0v) is 16.9. The molecule has 19 nitrogen and oxygen atoms in total. The first kappa shape index (κ1) is 32.0. The number of aliphatic hydroxyl groups is 6. The van der Waals surface area contributed by atoms with Gasteiger partial charge in [0.25, 0.3) is 0 Å². The molecule has 9 atom stereocenters. The van der Waals surface area contributed by atoms with E-state index in [0.717, 1.165) is 0 Å². The SMILES string of the molecule is O=P(O)(O)OP(=O)(O)OP(=O)(O)OP(=O)(O)O[C@]1(O)[C@H](O)[C@H](O)[C@@H](O)[C@H](O)[C@H]1O.[KH]. The van der Waals surface area contributed by atoms with Crippen molar-refractivity contribution in [1.29, 1.82) is 0 Å². The summed E-state index contributed by atoms with van der Waals surface area (Å²) in [6, 6.07) is 0. The van der Waals surface area contributed by atoms with Gasteiger partial charge in [0, 0.05) is 0 Å². The Labute approximate surface area is 208 Å². The quantitative estimate of drug-likeness (QED) is 0.0759. The van der Waals surface area contributed by atoms with Gasteiger partial charge in [0.05, 0.1) is 0 Å². The molecule has 0 heterocycles. The first-order valence-corrected chi connectivity index (χ1v) is 12.7. The van der Waals surface area contributed by atoms with Gasteiger partial charge in [-0.05, 0) is 0 Å². The zero-order valence-electron chi connectivity index (χ0n) is 13.4. The van der Waals surface area contributed by atoms with Crippen LogP contribution in [0.2, 0.25) is 0 Å². The first-order valence-electron chi connectivity index (χ1n) is 6.64. The van der Waals surface area contributed by atoms with E-state index in [1.807, 2.05) is 0 Å². The van der Waals surface area contributed by atoms with Crippen LogP contribution in [0, 0.1) is 0 Å². The Morgan fingerprint density at radius 3 is 1.30 bits per heavy atom. The van der Waals surface area contributed by atoms with Crippen molar-refractivity contribution in [3.8, 4) is 0 Å². The van der Waals surface area contributed by atoms with Crippen LogP contribution >= 0.6 is 31.3 Å². The van der Waals surface area contributed by atoms with E-state index >= 15 is 0 Å². The minimum absolute atomic E-state index is 0. The first-order chi connectivity index (χ1) is 12.6. The second-order valence-corrected chi connectivity index (χ2v) is 11.3. The average Bonchev–Trinajstić information content (AvgIpc) is 2.44. The Kier molecular flexibility index (Phi) is 11.4. The summed E-state index contributed by atoms with van der Waals surface area (Å²) in [6.45, 7) is 0. The molecule has 1 aliphatic rings. The Morgan fingerprint density at radius 2 is 0.933 bits per heavy atom. The number of phosphoric acid groups is 4. The van der Waals surface area contributed by atoms with Crippen molar-refractivity contribution >= 4 is 82.7 Å². The summed E-state index contributed by atoms with van der Waals surface area (Å²) >= 11 is 0. The third-order valence-electron chi connectivity index (χ3n) is 3.08. The molecule has 24 heteroatoms. The van der Waals surface area contributed by atoms with E-state index in [4.69, 9.17) is 19.6 Å². The summed E-state index contributed by atoms with van der Waals surface area (Å²) < 4.78 is 58.7. The number of rotatable bonds is 8. The van der Waals surface area contributed by atoms with Gasteiger partial charge in [-0.3, -0.25) is 0 Å². The van der Waals surface area contributed by atoms with Gasteiger partial charge in [-0.1, -0.05) is 0 Å². The zero-order chi connectivity index (χ0) is 23.2. The fourth-order valence-electron chi connectivity index (χ4n) is 1.97. The van der Waals surface area contributed by atoms with Gasteiger partial charge in [0.2, 0.25) is 5.79 Å². The molecule has 1 aliphatic carbocycles. The van der Waals surface area contributed by atoms with Crippen LogP contribution in [0.25, 0.3) is 0 Å². The number of phosphoric ester groups is 1. The molecule has 0 radical (unpaired) electrons. The Morgan fingerprint density at radius 1 is 0.600 bits per heavy atom. The second-order valence-electron chi connectivity index (χ2n) is 5.35. The van der Waals surface area contributed by atoms with Crippen LogP contribution in [0.4, 0.5) is 0 Å². The molecule has 0 bridgehead atoms. The maximum atomic E-state index is 11.8. The van der Waals surface area contributed by atoms with Crippen LogP contribution < -0.4 is 0 Å². The van der Waals surface area contributed by atoms with Crippen LogP contribution in [0.1, 0.15) is 0 Å². The number of hydrogen-bond acceptors (Lipinski definition) is 14. The molecular weight excluding hydrogens is 539 g/mol. The summed E-state index contributed by atoms with van der Waals surface area (Å²) in [5.74, 6) is -3.83. The fourth-order valence-corrected chi connectivity index (χ4v) is 6.63. The maximum absolute atomic E-state index is 11.8. The third kappa shape index (κ3) is 8.63. The number of aliphatic hydroxyl groups excluding tert-OH is 5. The van der Waals surface area contributed by atoms with Gasteiger partial charge in [0.1, 0.15) is 30.5 Å². The molecule has 0 aliphatic heterocycles. The van der Waals surface area contributed by atoms with Crippen LogP contribution in [-0.2, 0) is 35.7 Å². The Bertz CT molecular complexity index is 778. The molecule has 1 rings (SSSR count). The molecule has 1 fully saturated rings. The van der Waals surface area contributed by atoms with Gasteiger partial charge in [-0.15, -0.1) is 0 Å². The molecular formula is C6H17KO19P4. The van der Waals surface area contributed by atoms with Crippen molar-refractivity contribution in [1.82, 2.24) is 0 Å². The average molecular weight is 556 g/mol. The summed E-state index contributed by atoms with van der Waals surface area (Å²) in [6.07, 6.45) is -12.9. The monoisotopic (exact) mass is 556 g/mol. The van der Waals surface area contributed by atoms with Crippen molar-refractivity contribution in [2.75, 3.05) is 0 Å². The molecule has 30 heavy (non-hydrogen) atoms. The van der Waals surface area contributed by atoms with Crippen LogP contribution in [0.3, 0.4) is 0 Å². The van der Waals surface area contributed by atoms with E-state index in [9.17, 15) is 53.8 Å². The second kappa shape index (κ2) is 10.7. The van der Waals surface area contributed by atoms with Gasteiger partial charge >= 0.3 is 82.7 Å². The summed E-state index contributed by atoms with van der Waals surface area (Å²) in [7, 11) is -24.4. The normalized spacial score (nSPS) is 38.6. The van der Waals surface area contributed by atoms with Crippen LogP contribution in [-0.4, -0.2) is 143 Å². The topological polar surface area (TPSA) is 328 Å². The molecule has 0 saturated heterocycles. The summed E-state index contributed by atoms with van der Waals surface area (Å²) in [5, 5.41) is 57.5. The van der Waals surface area contributed by atoms with Gasteiger partial charge < -0.3 is 55.1 Å². The summed E-state index contributed by atoms with van der Waals surface area (Å²) in [5.41, 5.74) is 0. The van der Waals surface area contributed by atoms with Crippen LogP contribution in [0.5, 0.6) is 0 Å². The van der Waals surface area contributed by atoms with Gasteiger partial charge in [-0.25, -0.2) is 22.8 Å². The Hall–Kier alpha value is 1.96. The molecule has 0 aromatic rings. The predicted molar refractivity (Wildman–Crippen MR) is 88.0 cm³/mol. The van der Waals surface area contributed by atoms with E-state index in [1.54, 1.807) is 0 Å². The van der Waals surface area contributed by atoms with Crippen molar-refractivity contribution in [3.05, 3.63) is 0 Å². The fraction of sp³-hybridized carbons (Fsp3) is 1.00. The molecule has 0 aromatic heterocycles. The molecule has 0 aromatic carbocycles. The Balaban J connectivity index is 0.00000841. The third-order valence-corrected chi connectivity index (χ3v) is 8.58. The molecule has 3 unspecified atom stereocenters. The van der Waals surface area contributed by atoms with Crippen molar-refractivity contribution in [3.63, 3.8) is 0 Å². The van der Waals surface area contributed by atoms with Crippen molar-refractivity contribution < 1.29 is 90.8 Å². The molecule has 0 amide bonds. The molecule has 1 saturated carbocycles. The van der Waals surface area contributed by atoms with Crippen molar-refractivity contribution in [2.45, 2.75) is 36.3 Å². The van der Waals surface area contributed by atoms with E-state index in [2.05, 4.69) is 17.5 Å². The molecule has 0 spiro atoms. The van der Waals surface area contributed by atoms with Gasteiger partial charge in [0.15, 0.2) is 0 Å².